The van der Waals surface area contributed by atoms with Gasteiger partial charge in [0.05, 0.1) is 39.0 Å². The van der Waals surface area contributed by atoms with Crippen molar-refractivity contribution in [2.45, 2.75) is 59.4 Å². The summed E-state index contributed by atoms with van der Waals surface area (Å²) in [6, 6.07) is -1.17. The molecule has 0 aromatic heterocycles. The normalized spacial score (nSPS) is 16.4. The molecule has 0 heterocycles. The molecular formula is C26H47N4O10Y-. The molecule has 1 aliphatic carbocycles. The molecule has 3 unspecified atom stereocenters. The summed E-state index contributed by atoms with van der Waals surface area (Å²) in [5.74, 6) is -1.55. The number of nitrogens with one attached hydrogen (secondary N) is 3. The van der Waals surface area contributed by atoms with Gasteiger partial charge in [-0.2, -0.15) is 0 Å². The Bertz CT molecular complexity index is 785. The van der Waals surface area contributed by atoms with Crippen LogP contribution in [-0.4, -0.2) is 99.9 Å². The first-order chi connectivity index (χ1) is 18.5. The van der Waals surface area contributed by atoms with Gasteiger partial charge in [-0.1, -0.05) is 34.2 Å². The largest absolute Gasteiger partial charge is 0.540 e. The van der Waals surface area contributed by atoms with Crippen molar-refractivity contribution >= 4 is 35.7 Å². The molecule has 4 amide bonds. The first-order valence-electron chi connectivity index (χ1n) is 13.3. The molecule has 0 spiro atoms. The van der Waals surface area contributed by atoms with Gasteiger partial charge in [0.2, 0.25) is 11.8 Å². The molecule has 1 fully saturated rings. The smallest absolute Gasteiger partial charge is 0.312 e. The first-order valence-corrected chi connectivity index (χ1v) is 13.3. The second kappa shape index (κ2) is 27.0. The molecule has 41 heavy (non-hydrogen) atoms. The van der Waals surface area contributed by atoms with E-state index in [1.165, 1.54) is 0 Å². The number of nitrogens with two attached hydrogens (primary N) is 1. The number of primary amides is 1. The van der Waals surface area contributed by atoms with Gasteiger partial charge >= 0.3 is 6.03 Å². The number of rotatable bonds is 19. The summed E-state index contributed by atoms with van der Waals surface area (Å²) in [5.41, 5.74) is 4.73. The Hall–Kier alpha value is -1.84. The van der Waals surface area contributed by atoms with E-state index in [4.69, 9.17) is 19.9 Å². The van der Waals surface area contributed by atoms with E-state index < -0.39 is 23.9 Å². The molecule has 14 nitrogen and oxygen atoms in total. The number of hydrogen-bond acceptors (Lipinski definition) is 9. The van der Waals surface area contributed by atoms with Crippen LogP contribution in [0.4, 0.5) is 4.79 Å². The van der Waals surface area contributed by atoms with Gasteiger partial charge < -0.3 is 46.2 Å². The molecule has 1 aliphatic rings. The summed E-state index contributed by atoms with van der Waals surface area (Å²) in [7, 11) is 0. The van der Waals surface area contributed by atoms with Crippen molar-refractivity contribution in [3.05, 3.63) is 0 Å². The van der Waals surface area contributed by atoms with Crippen LogP contribution < -0.4 is 21.7 Å². The standard InChI is InChI=1S/C22H35N2O8.C4H10N2O.H2O.Y/c1-15(2)20(22(29)23-6-7-25)24-19(27)5-9-31-11-13-32-12-10-30-8-4-17-18(26)14-16(3)21(17)28;1-2-3-6-4(5)7;;/h15-17,20H,4-6,8-14H2,1-3H3,(H,23,29)(H,24,27);2-3H2,1H3,(H3,5,6,7);1H2;/q-1;;;. The fourth-order valence-electron chi connectivity index (χ4n) is 3.52. The third-order valence-electron chi connectivity index (χ3n) is 5.64. The second-order valence-corrected chi connectivity index (χ2v) is 9.34. The molecule has 3 atom stereocenters. The maximum absolute atomic E-state index is 12.0. The molecular weight excluding hydrogens is 617 g/mol. The van der Waals surface area contributed by atoms with E-state index >= 15 is 0 Å². The molecule has 0 aromatic rings. The summed E-state index contributed by atoms with van der Waals surface area (Å²) in [6.45, 7) is 9.67. The predicted octanol–water partition coefficient (Wildman–Crippen LogP) is -0.785. The number of amides is 4. The molecule has 7 N–H and O–H groups in total. The van der Waals surface area contributed by atoms with Gasteiger partial charge in [-0.15, -0.1) is 0 Å². The quantitative estimate of drug-likeness (QED) is 0.0771. The summed E-state index contributed by atoms with van der Waals surface area (Å²) in [6.07, 6.45) is 3.36. The van der Waals surface area contributed by atoms with Crippen LogP contribution in [0, 0.1) is 17.8 Å². The molecule has 1 saturated carbocycles. The molecule has 235 valence electrons. The number of urea groups is 1. The van der Waals surface area contributed by atoms with Crippen LogP contribution >= 0.6 is 0 Å². The second-order valence-electron chi connectivity index (χ2n) is 9.34. The Morgan fingerprint density at radius 1 is 1.00 bits per heavy atom. The van der Waals surface area contributed by atoms with Crippen molar-refractivity contribution in [1.29, 1.82) is 0 Å². The van der Waals surface area contributed by atoms with E-state index in [0.29, 0.717) is 52.4 Å². The zero-order valence-corrected chi connectivity index (χ0v) is 27.5. The van der Waals surface area contributed by atoms with Crippen molar-refractivity contribution in [2.75, 3.05) is 52.7 Å². The number of carbonyl (C=O) groups excluding carboxylic acids is 6. The van der Waals surface area contributed by atoms with Crippen LogP contribution in [-0.2, 0) is 70.9 Å². The van der Waals surface area contributed by atoms with Crippen molar-refractivity contribution in [3.8, 4) is 0 Å². The van der Waals surface area contributed by atoms with E-state index in [-0.39, 0.29) is 87.1 Å². The van der Waals surface area contributed by atoms with Gasteiger partial charge in [0, 0.05) is 64.6 Å². The van der Waals surface area contributed by atoms with Gasteiger partial charge in [0.25, 0.3) is 0 Å². The van der Waals surface area contributed by atoms with Gasteiger partial charge in [-0.25, -0.2) is 11.1 Å². The average molecular weight is 665 g/mol. The molecule has 0 aromatic carbocycles. The minimum atomic E-state index is -0.729. The van der Waals surface area contributed by atoms with Crippen molar-refractivity contribution in [1.82, 2.24) is 16.0 Å². The zero-order valence-electron chi connectivity index (χ0n) is 24.6. The van der Waals surface area contributed by atoms with Gasteiger partial charge in [0.15, 0.2) is 0 Å². The van der Waals surface area contributed by atoms with E-state index in [0.717, 1.165) is 6.42 Å². The number of carbonyl (C=O) groups is 5. The third-order valence-corrected chi connectivity index (χ3v) is 5.64. The Labute approximate surface area is 267 Å². The van der Waals surface area contributed by atoms with Crippen LogP contribution in [0.5, 0.6) is 0 Å². The maximum Gasteiger partial charge on any atom is 0.312 e. The first kappa shape index (κ1) is 43.6. The fraction of sp³-hybridized carbons (Fsp3) is 0.769. The van der Waals surface area contributed by atoms with Crippen LogP contribution in [0.15, 0.2) is 0 Å². The van der Waals surface area contributed by atoms with Crippen molar-refractivity contribution < 1.29 is 81.2 Å². The van der Waals surface area contributed by atoms with Crippen LogP contribution in [0.25, 0.3) is 0 Å². The molecule has 0 saturated heterocycles. The molecule has 15 heteroatoms. The maximum atomic E-state index is 12.0. The minimum absolute atomic E-state index is 0. The van der Waals surface area contributed by atoms with Crippen molar-refractivity contribution in [2.24, 2.45) is 23.5 Å². The Morgan fingerprint density at radius 3 is 2.00 bits per heavy atom. The Morgan fingerprint density at radius 2 is 1.56 bits per heavy atom. The molecule has 1 rings (SSSR count). The van der Waals surface area contributed by atoms with Gasteiger partial charge in [-0.3, -0.25) is 19.2 Å². The van der Waals surface area contributed by atoms with E-state index in [9.17, 15) is 28.8 Å². The molecule has 1 radical (unpaired) electrons. The summed E-state index contributed by atoms with van der Waals surface area (Å²) in [5, 5.41) is 7.45. The number of Topliss-reactive ketones (excluding diaryl/α,β-unsaturated/α-hetero) is 2. The van der Waals surface area contributed by atoms with E-state index in [1.807, 2.05) is 6.92 Å². The van der Waals surface area contributed by atoms with E-state index in [1.54, 1.807) is 27.1 Å². The van der Waals surface area contributed by atoms with Crippen LogP contribution in [0.2, 0.25) is 0 Å². The van der Waals surface area contributed by atoms with Gasteiger partial charge in [-0.05, 0) is 18.8 Å². The van der Waals surface area contributed by atoms with Crippen molar-refractivity contribution in [3.63, 3.8) is 0 Å². The molecule has 0 bridgehead atoms. The minimum Gasteiger partial charge on any atom is -0.540 e. The predicted molar refractivity (Wildman–Crippen MR) is 146 cm³/mol. The van der Waals surface area contributed by atoms with Crippen LogP contribution in [0.1, 0.15) is 53.4 Å². The Kier molecular flexibility index (Phi) is 28.7. The number of hydrogen-bond donors (Lipinski definition) is 4. The van der Waals surface area contributed by atoms with E-state index in [2.05, 4.69) is 16.0 Å². The third kappa shape index (κ3) is 21.5. The Balaban J connectivity index is -0.00000142. The van der Waals surface area contributed by atoms with Gasteiger partial charge in [0.1, 0.15) is 17.6 Å². The SMILES string of the molecule is CC1CC(=O)C(CCOCCOCCOCCC(=O)NC(C(=O)NC[C-]=O)C(C)C)C1=O.CCCNC(N)=O.O.[Y]. The fourth-order valence-corrected chi connectivity index (χ4v) is 3.52. The van der Waals surface area contributed by atoms with Crippen LogP contribution in [0.3, 0.4) is 0 Å². The molecule has 0 aliphatic heterocycles. The number of ether oxygens (including phenoxy) is 3. The average Bonchev–Trinajstić information content (AvgIpc) is 3.13. The topological polar surface area (TPSA) is 224 Å². The monoisotopic (exact) mass is 664 g/mol. The summed E-state index contributed by atoms with van der Waals surface area (Å²) >= 11 is 0. The summed E-state index contributed by atoms with van der Waals surface area (Å²) < 4.78 is 16.1. The zero-order chi connectivity index (χ0) is 29.6. The number of ketones is 2. The summed E-state index contributed by atoms with van der Waals surface area (Å²) in [4.78, 5) is 67.6.